The van der Waals surface area contributed by atoms with E-state index in [1.54, 1.807) is 0 Å². The van der Waals surface area contributed by atoms with Gasteiger partial charge in [-0.1, -0.05) is 50.7 Å². The van der Waals surface area contributed by atoms with E-state index in [4.69, 9.17) is 0 Å². The van der Waals surface area contributed by atoms with E-state index in [0.29, 0.717) is 10.5 Å². The van der Waals surface area contributed by atoms with E-state index in [9.17, 15) is 19.8 Å². The molecule has 2 N–H and O–H groups in total. The van der Waals surface area contributed by atoms with E-state index in [-0.39, 0.29) is 0 Å². The van der Waals surface area contributed by atoms with Gasteiger partial charge in [-0.3, -0.25) is 9.59 Å². The van der Waals surface area contributed by atoms with Gasteiger partial charge < -0.3 is 10.2 Å². The van der Waals surface area contributed by atoms with E-state index in [1.807, 2.05) is 27.7 Å². The van der Waals surface area contributed by atoms with Crippen molar-refractivity contribution in [3.05, 3.63) is 12.2 Å². The van der Waals surface area contributed by atoms with Crippen molar-refractivity contribution in [2.24, 2.45) is 10.8 Å². The van der Waals surface area contributed by atoms with Crippen LogP contribution in [0.15, 0.2) is 12.2 Å². The molecule has 6 heteroatoms. The average Bonchev–Trinajstić information content (AvgIpc) is 2.79. The minimum absolute atomic E-state index is 0.602. The Balaban J connectivity index is 1.67. The molecule has 2 fully saturated rings. The van der Waals surface area contributed by atoms with Gasteiger partial charge in [-0.05, 0) is 79.1 Å². The van der Waals surface area contributed by atoms with Crippen molar-refractivity contribution < 1.29 is 19.8 Å². The number of hydrogen-bond acceptors (Lipinski definition) is 4. The van der Waals surface area contributed by atoms with Crippen LogP contribution in [-0.2, 0) is 9.59 Å². The molecule has 0 amide bonds. The van der Waals surface area contributed by atoms with Crippen molar-refractivity contribution in [1.82, 2.24) is 0 Å². The highest BCUT2D eigenvalue weighted by atomic mass is 32.2. The van der Waals surface area contributed by atoms with E-state index in [2.05, 4.69) is 35.7 Å². The summed E-state index contributed by atoms with van der Waals surface area (Å²) in [7, 11) is 0. The molecule has 0 saturated carbocycles. The number of carboxylic acid groups (broad SMARTS) is 2. The van der Waals surface area contributed by atoms with Crippen molar-refractivity contribution in [2.75, 3.05) is 0 Å². The molecule has 2 saturated heterocycles. The second-order valence-corrected chi connectivity index (χ2v) is 14.8. The maximum Gasteiger partial charge on any atom is 0.309 e. The fourth-order valence-corrected chi connectivity index (χ4v) is 8.08. The minimum atomic E-state index is -0.685. The molecule has 2 aliphatic rings. The van der Waals surface area contributed by atoms with Crippen LogP contribution in [0, 0.1) is 10.8 Å². The molecule has 2 aliphatic heterocycles. The van der Waals surface area contributed by atoms with Crippen molar-refractivity contribution in [3.63, 3.8) is 0 Å². The highest BCUT2D eigenvalue weighted by molar-refractivity contribution is 8.01. The normalized spacial score (nSPS) is 26.6. The molecule has 34 heavy (non-hydrogen) atoms. The molecule has 0 spiro atoms. The second kappa shape index (κ2) is 14.2. The molecule has 0 aromatic heterocycles. The standard InChI is InChI=1S/C28H48O4S2/c1-27(2,25(29)30)19-7-5-11-21-13-9-15-23(33-21)17-18-24-16-10-14-22(34-24)12-6-8-20-28(3,4)26(31)32/h17-18,21-24H,5-16,19-20H2,1-4H3,(H,29,30)(H,31,32). The van der Waals surface area contributed by atoms with Gasteiger partial charge in [0.05, 0.1) is 10.8 Å². The van der Waals surface area contributed by atoms with Gasteiger partial charge in [0.25, 0.3) is 0 Å². The van der Waals surface area contributed by atoms with Gasteiger partial charge in [-0.25, -0.2) is 0 Å². The first-order chi connectivity index (χ1) is 16.0. The Morgan fingerprint density at radius 3 is 1.44 bits per heavy atom. The van der Waals surface area contributed by atoms with Crippen LogP contribution >= 0.6 is 23.5 Å². The number of unbranched alkanes of at least 4 members (excludes halogenated alkanes) is 2. The molecule has 0 bridgehead atoms. The minimum Gasteiger partial charge on any atom is -0.481 e. The number of carboxylic acids is 2. The van der Waals surface area contributed by atoms with Gasteiger partial charge in [-0.2, -0.15) is 23.5 Å². The monoisotopic (exact) mass is 512 g/mol. The Morgan fingerprint density at radius 1 is 0.706 bits per heavy atom. The van der Waals surface area contributed by atoms with E-state index in [1.165, 1.54) is 51.4 Å². The number of aliphatic carboxylic acids is 2. The molecule has 0 aromatic carbocycles. The Morgan fingerprint density at radius 2 is 1.09 bits per heavy atom. The third-order valence-corrected chi connectivity index (χ3v) is 10.8. The first-order valence-corrected chi connectivity index (χ1v) is 15.3. The Hall–Kier alpha value is -0.620. The number of thioether (sulfide) groups is 2. The summed E-state index contributed by atoms with van der Waals surface area (Å²) in [6.07, 6.45) is 21.0. The zero-order chi connectivity index (χ0) is 25.2. The quantitative estimate of drug-likeness (QED) is 0.180. The van der Waals surface area contributed by atoms with Gasteiger partial charge >= 0.3 is 11.9 Å². The lowest BCUT2D eigenvalue weighted by Crippen LogP contribution is -2.23. The summed E-state index contributed by atoms with van der Waals surface area (Å²) in [5.74, 6) is -1.37. The number of rotatable bonds is 14. The molecule has 0 radical (unpaired) electrons. The summed E-state index contributed by atoms with van der Waals surface area (Å²) in [6, 6.07) is 0. The molecular weight excluding hydrogens is 464 g/mol. The first kappa shape index (κ1) is 29.6. The molecule has 0 aromatic rings. The van der Waals surface area contributed by atoms with Gasteiger partial charge in [0.2, 0.25) is 0 Å². The number of carbonyl (C=O) groups is 2. The van der Waals surface area contributed by atoms with Gasteiger partial charge in [0.1, 0.15) is 0 Å². The fraction of sp³-hybridized carbons (Fsp3) is 0.857. The maximum absolute atomic E-state index is 11.3. The lowest BCUT2D eigenvalue weighted by Gasteiger charge is -2.29. The van der Waals surface area contributed by atoms with Crippen LogP contribution in [-0.4, -0.2) is 43.2 Å². The van der Waals surface area contributed by atoms with Crippen molar-refractivity contribution >= 4 is 35.5 Å². The lowest BCUT2D eigenvalue weighted by molar-refractivity contribution is -0.148. The van der Waals surface area contributed by atoms with Crippen LogP contribution < -0.4 is 0 Å². The Labute approximate surface area is 216 Å². The van der Waals surface area contributed by atoms with Crippen LogP contribution in [0.1, 0.15) is 118 Å². The summed E-state index contributed by atoms with van der Waals surface area (Å²) < 4.78 is 0. The SMILES string of the molecule is CC(C)(CCCCC1CCCC(C=CC2CCCC(CCCCC(C)(C)C(=O)O)S2)S1)C(=O)O. The summed E-state index contributed by atoms with van der Waals surface area (Å²) >= 11 is 4.29. The zero-order valence-electron chi connectivity index (χ0n) is 21.9. The van der Waals surface area contributed by atoms with E-state index in [0.717, 1.165) is 49.0 Å². The molecule has 2 heterocycles. The predicted molar refractivity (Wildman–Crippen MR) is 147 cm³/mol. The van der Waals surface area contributed by atoms with Gasteiger partial charge in [0, 0.05) is 21.0 Å². The highest BCUT2D eigenvalue weighted by Gasteiger charge is 2.28. The van der Waals surface area contributed by atoms with Crippen LogP contribution in [0.2, 0.25) is 0 Å². The number of hydrogen-bond donors (Lipinski definition) is 2. The van der Waals surface area contributed by atoms with Gasteiger partial charge in [0.15, 0.2) is 0 Å². The van der Waals surface area contributed by atoms with Gasteiger partial charge in [-0.15, -0.1) is 0 Å². The predicted octanol–water partition coefficient (Wildman–Crippen LogP) is 8.19. The third kappa shape index (κ3) is 10.6. The summed E-state index contributed by atoms with van der Waals surface area (Å²) in [6.45, 7) is 7.33. The van der Waals surface area contributed by atoms with Crippen LogP contribution in [0.5, 0.6) is 0 Å². The molecule has 4 nitrogen and oxygen atoms in total. The lowest BCUT2D eigenvalue weighted by atomic mass is 9.87. The molecule has 2 rings (SSSR count). The smallest absolute Gasteiger partial charge is 0.309 e. The fourth-order valence-electron chi connectivity index (χ4n) is 4.91. The Bertz CT molecular complexity index is 617. The van der Waals surface area contributed by atoms with Crippen molar-refractivity contribution in [1.29, 1.82) is 0 Å². The maximum atomic E-state index is 11.3. The average molecular weight is 513 g/mol. The molecular formula is C28H48O4S2. The van der Waals surface area contributed by atoms with Crippen molar-refractivity contribution in [3.8, 4) is 0 Å². The second-order valence-electron chi connectivity index (χ2n) is 11.7. The third-order valence-electron chi connectivity index (χ3n) is 7.62. The van der Waals surface area contributed by atoms with Crippen LogP contribution in [0.25, 0.3) is 0 Å². The molecule has 4 unspecified atom stereocenters. The highest BCUT2D eigenvalue weighted by Crippen LogP contribution is 2.39. The molecule has 0 aliphatic carbocycles. The van der Waals surface area contributed by atoms with Crippen molar-refractivity contribution in [2.45, 2.75) is 139 Å². The summed E-state index contributed by atoms with van der Waals surface area (Å²) in [5, 5.41) is 21.3. The van der Waals surface area contributed by atoms with E-state index >= 15 is 0 Å². The largest absolute Gasteiger partial charge is 0.481 e. The first-order valence-electron chi connectivity index (χ1n) is 13.5. The Kier molecular flexibility index (Phi) is 12.4. The van der Waals surface area contributed by atoms with Crippen LogP contribution in [0.3, 0.4) is 0 Å². The van der Waals surface area contributed by atoms with E-state index < -0.39 is 22.8 Å². The molecule has 4 atom stereocenters. The zero-order valence-corrected chi connectivity index (χ0v) is 23.5. The molecule has 196 valence electrons. The van der Waals surface area contributed by atoms with Crippen LogP contribution in [0.4, 0.5) is 0 Å². The summed E-state index contributed by atoms with van der Waals surface area (Å²) in [5.41, 5.74) is -1.20. The summed E-state index contributed by atoms with van der Waals surface area (Å²) in [4.78, 5) is 22.5. The topological polar surface area (TPSA) is 74.6 Å².